The normalized spacial score (nSPS) is 16.2. The highest BCUT2D eigenvalue weighted by Crippen LogP contribution is 2.21. The van der Waals surface area contributed by atoms with Crippen molar-refractivity contribution < 1.29 is 9.47 Å². The van der Waals surface area contributed by atoms with Crippen LogP contribution in [0, 0.1) is 11.8 Å². The van der Waals surface area contributed by atoms with E-state index in [2.05, 4.69) is 35.5 Å². The lowest BCUT2D eigenvalue weighted by molar-refractivity contribution is -0.0465. The summed E-state index contributed by atoms with van der Waals surface area (Å²) >= 11 is 0. The molecule has 0 bridgehead atoms. The van der Waals surface area contributed by atoms with E-state index in [9.17, 15) is 0 Å². The van der Waals surface area contributed by atoms with Crippen molar-refractivity contribution >= 4 is 7.85 Å². The van der Waals surface area contributed by atoms with Crippen LogP contribution in [0.25, 0.3) is 0 Å². The molecule has 0 radical (unpaired) electrons. The molecular formula is C11H25BO2. The lowest BCUT2D eigenvalue weighted by Gasteiger charge is -2.28. The molecular weight excluding hydrogens is 175 g/mol. The average molecular weight is 200 g/mol. The SMILES string of the molecule is BCC(C(C)C)C(COC(C)C)OC. The predicted molar refractivity (Wildman–Crippen MR) is 63.6 cm³/mol. The van der Waals surface area contributed by atoms with Crippen molar-refractivity contribution in [1.29, 1.82) is 0 Å². The molecule has 2 nitrogen and oxygen atoms in total. The van der Waals surface area contributed by atoms with Gasteiger partial charge < -0.3 is 9.47 Å². The zero-order valence-electron chi connectivity index (χ0n) is 10.5. The minimum absolute atomic E-state index is 0.238. The first-order chi connectivity index (χ1) is 6.52. The first-order valence-corrected chi connectivity index (χ1v) is 5.67. The zero-order chi connectivity index (χ0) is 11.1. The van der Waals surface area contributed by atoms with Crippen LogP contribution in [0.5, 0.6) is 0 Å². The molecule has 3 heteroatoms. The van der Waals surface area contributed by atoms with Gasteiger partial charge in [0.25, 0.3) is 0 Å². The van der Waals surface area contributed by atoms with E-state index in [1.165, 1.54) is 0 Å². The second kappa shape index (κ2) is 7.30. The standard InChI is InChI=1S/C11H25BO2/c1-8(2)10(6-12)11(13-5)7-14-9(3)4/h8-11H,6-7,12H2,1-5H3. The third kappa shape index (κ3) is 5.01. The highest BCUT2D eigenvalue weighted by atomic mass is 16.5. The van der Waals surface area contributed by atoms with E-state index >= 15 is 0 Å². The Labute approximate surface area is 89.8 Å². The molecule has 0 saturated heterocycles. The molecule has 0 N–H and O–H groups in total. The summed E-state index contributed by atoms with van der Waals surface area (Å²) in [5.41, 5.74) is 0. The lowest BCUT2D eigenvalue weighted by Crippen LogP contribution is -2.32. The molecule has 84 valence electrons. The fourth-order valence-corrected chi connectivity index (χ4v) is 1.82. The third-order valence-corrected chi connectivity index (χ3v) is 2.70. The van der Waals surface area contributed by atoms with Gasteiger partial charge in [-0.1, -0.05) is 20.2 Å². The molecule has 0 aromatic carbocycles. The smallest absolute Gasteiger partial charge is 0.101 e. The van der Waals surface area contributed by atoms with Crippen LogP contribution in [-0.2, 0) is 9.47 Å². The van der Waals surface area contributed by atoms with Crippen molar-refractivity contribution in [2.75, 3.05) is 13.7 Å². The Morgan fingerprint density at radius 3 is 2.00 bits per heavy atom. The molecule has 0 heterocycles. The molecule has 0 rings (SSSR count). The van der Waals surface area contributed by atoms with Gasteiger partial charge in [-0.05, 0) is 25.7 Å². The van der Waals surface area contributed by atoms with Crippen LogP contribution >= 0.6 is 0 Å². The van der Waals surface area contributed by atoms with Gasteiger partial charge in [0.2, 0.25) is 0 Å². The van der Waals surface area contributed by atoms with Crippen molar-refractivity contribution in [2.45, 2.75) is 46.2 Å². The van der Waals surface area contributed by atoms with Gasteiger partial charge in [0, 0.05) is 7.11 Å². The van der Waals surface area contributed by atoms with E-state index in [0.29, 0.717) is 18.4 Å². The van der Waals surface area contributed by atoms with Crippen molar-refractivity contribution in [3.8, 4) is 0 Å². The number of hydrogen-bond donors (Lipinski definition) is 0. The van der Waals surface area contributed by atoms with E-state index < -0.39 is 0 Å². The van der Waals surface area contributed by atoms with Gasteiger partial charge >= 0.3 is 0 Å². The second-order valence-corrected chi connectivity index (χ2v) is 4.47. The topological polar surface area (TPSA) is 18.5 Å². The molecule has 2 atom stereocenters. The van der Waals surface area contributed by atoms with Crippen LogP contribution in [0.2, 0.25) is 6.32 Å². The summed E-state index contributed by atoms with van der Waals surface area (Å²) in [6.45, 7) is 9.32. The van der Waals surface area contributed by atoms with E-state index in [1.807, 2.05) is 0 Å². The zero-order valence-corrected chi connectivity index (χ0v) is 10.5. The molecule has 2 unspecified atom stereocenters. The molecule has 0 fully saturated rings. The quantitative estimate of drug-likeness (QED) is 0.583. The molecule has 0 aromatic rings. The summed E-state index contributed by atoms with van der Waals surface area (Å²) in [4.78, 5) is 0. The van der Waals surface area contributed by atoms with Crippen molar-refractivity contribution in [1.82, 2.24) is 0 Å². The van der Waals surface area contributed by atoms with Crippen LogP contribution in [0.4, 0.5) is 0 Å². The summed E-state index contributed by atoms with van der Waals surface area (Å²) in [5, 5.41) is 0. The minimum atomic E-state index is 0.238. The number of hydrogen-bond acceptors (Lipinski definition) is 2. The maximum Gasteiger partial charge on any atom is 0.101 e. The van der Waals surface area contributed by atoms with Gasteiger partial charge in [-0.2, -0.15) is 0 Å². The largest absolute Gasteiger partial charge is 0.379 e. The monoisotopic (exact) mass is 200 g/mol. The first kappa shape index (κ1) is 14.0. The van der Waals surface area contributed by atoms with Crippen LogP contribution in [-0.4, -0.2) is 33.8 Å². The second-order valence-electron chi connectivity index (χ2n) is 4.47. The third-order valence-electron chi connectivity index (χ3n) is 2.70. The Bertz CT molecular complexity index is 137. The summed E-state index contributed by atoms with van der Waals surface area (Å²) in [7, 11) is 3.99. The van der Waals surface area contributed by atoms with E-state index in [1.54, 1.807) is 7.11 Å². The molecule has 0 aliphatic carbocycles. The first-order valence-electron chi connectivity index (χ1n) is 5.67. The Kier molecular flexibility index (Phi) is 7.29. The van der Waals surface area contributed by atoms with Crippen molar-refractivity contribution in [3.05, 3.63) is 0 Å². The predicted octanol–water partition coefficient (Wildman–Crippen LogP) is 1.75. The van der Waals surface area contributed by atoms with Crippen LogP contribution < -0.4 is 0 Å². The van der Waals surface area contributed by atoms with Gasteiger partial charge in [-0.25, -0.2) is 0 Å². The highest BCUT2D eigenvalue weighted by molar-refractivity contribution is 6.08. The maximum atomic E-state index is 5.60. The van der Waals surface area contributed by atoms with Crippen LogP contribution in [0.3, 0.4) is 0 Å². The van der Waals surface area contributed by atoms with Crippen LogP contribution in [0.15, 0.2) is 0 Å². The van der Waals surface area contributed by atoms with Gasteiger partial charge in [-0.15, -0.1) is 0 Å². The average Bonchev–Trinajstić information content (AvgIpc) is 2.10. The maximum absolute atomic E-state index is 5.60. The molecule has 0 aliphatic heterocycles. The summed E-state index contributed by atoms with van der Waals surface area (Å²) in [6.07, 6.45) is 1.68. The number of methoxy groups -OCH3 is 1. The summed E-state index contributed by atoms with van der Waals surface area (Å²) in [6, 6.07) is 0. The Balaban J connectivity index is 4.08. The molecule has 0 spiro atoms. The molecule has 0 amide bonds. The van der Waals surface area contributed by atoms with Gasteiger partial charge in [-0.3, -0.25) is 0 Å². The van der Waals surface area contributed by atoms with E-state index in [-0.39, 0.29) is 12.2 Å². The summed E-state index contributed by atoms with van der Waals surface area (Å²) in [5.74, 6) is 1.25. The van der Waals surface area contributed by atoms with Gasteiger partial charge in [0.1, 0.15) is 7.85 Å². The van der Waals surface area contributed by atoms with Crippen LogP contribution in [0.1, 0.15) is 27.7 Å². The molecule has 0 aliphatic rings. The van der Waals surface area contributed by atoms with Crippen molar-refractivity contribution in [3.63, 3.8) is 0 Å². The molecule has 14 heavy (non-hydrogen) atoms. The highest BCUT2D eigenvalue weighted by Gasteiger charge is 2.22. The Morgan fingerprint density at radius 2 is 1.71 bits per heavy atom. The fourth-order valence-electron chi connectivity index (χ4n) is 1.82. The van der Waals surface area contributed by atoms with Gasteiger partial charge in [0.15, 0.2) is 0 Å². The van der Waals surface area contributed by atoms with Gasteiger partial charge in [0.05, 0.1) is 18.8 Å². The Morgan fingerprint density at radius 1 is 1.14 bits per heavy atom. The number of rotatable bonds is 7. The lowest BCUT2D eigenvalue weighted by atomic mass is 9.80. The molecule has 0 saturated carbocycles. The Hall–Kier alpha value is -0.0151. The fraction of sp³-hybridized carbons (Fsp3) is 1.00. The van der Waals surface area contributed by atoms with E-state index in [4.69, 9.17) is 9.47 Å². The number of ether oxygens (including phenoxy) is 2. The van der Waals surface area contributed by atoms with Crippen molar-refractivity contribution in [2.24, 2.45) is 11.8 Å². The summed E-state index contributed by atoms with van der Waals surface area (Å²) < 4.78 is 11.1. The minimum Gasteiger partial charge on any atom is -0.379 e. The van der Waals surface area contributed by atoms with E-state index in [0.717, 1.165) is 6.32 Å². The molecule has 0 aromatic heterocycles.